The molecule has 1 saturated heterocycles. The van der Waals surface area contributed by atoms with Gasteiger partial charge in [0, 0.05) is 20.2 Å². The number of carboxylic acid groups (broad SMARTS) is 1. The maximum atomic E-state index is 12.8. The van der Waals surface area contributed by atoms with E-state index in [1.165, 1.54) is 12.0 Å². The number of amides is 1. The van der Waals surface area contributed by atoms with Gasteiger partial charge in [-0.2, -0.15) is 0 Å². The Morgan fingerprint density at radius 1 is 1.33 bits per heavy atom. The van der Waals surface area contributed by atoms with E-state index in [1.54, 1.807) is 19.1 Å². The summed E-state index contributed by atoms with van der Waals surface area (Å²) < 4.78 is 16.6. The molecule has 3 rings (SSSR count). The van der Waals surface area contributed by atoms with Gasteiger partial charge in [-0.15, -0.1) is 0 Å². The molecule has 3 unspecified atom stereocenters. The van der Waals surface area contributed by atoms with Crippen molar-refractivity contribution < 1.29 is 28.9 Å². The minimum atomic E-state index is -1.05. The van der Waals surface area contributed by atoms with Crippen molar-refractivity contribution >= 4 is 11.9 Å². The summed E-state index contributed by atoms with van der Waals surface area (Å²) in [4.78, 5) is 26.0. The number of hydrogen-bond donors (Lipinski definition) is 1. The highest BCUT2D eigenvalue weighted by molar-refractivity contribution is 5.85. The average Bonchev–Trinajstić information content (AvgIpc) is 2.99. The van der Waals surface area contributed by atoms with Gasteiger partial charge in [-0.1, -0.05) is 12.1 Å². The molecule has 0 saturated carbocycles. The first-order chi connectivity index (χ1) is 11.5. The molecule has 2 aliphatic rings. The van der Waals surface area contributed by atoms with Gasteiger partial charge in [-0.3, -0.25) is 9.59 Å². The van der Waals surface area contributed by atoms with E-state index in [0.29, 0.717) is 24.5 Å². The van der Waals surface area contributed by atoms with Crippen molar-refractivity contribution in [2.24, 2.45) is 5.41 Å². The van der Waals surface area contributed by atoms with Gasteiger partial charge in [0.15, 0.2) is 11.5 Å². The zero-order valence-corrected chi connectivity index (χ0v) is 13.7. The maximum absolute atomic E-state index is 12.8. The molecule has 130 valence electrons. The van der Waals surface area contributed by atoms with Gasteiger partial charge in [0.2, 0.25) is 6.10 Å². The van der Waals surface area contributed by atoms with Gasteiger partial charge in [-0.05, 0) is 25.5 Å². The van der Waals surface area contributed by atoms with Gasteiger partial charge in [0.25, 0.3) is 5.91 Å². The van der Waals surface area contributed by atoms with Crippen LogP contribution >= 0.6 is 0 Å². The number of hydrogen-bond acceptors (Lipinski definition) is 5. The number of nitrogens with zero attached hydrogens (tertiary/aromatic N) is 1. The summed E-state index contributed by atoms with van der Waals surface area (Å²) in [6.45, 7) is 2.33. The second-order valence-corrected chi connectivity index (χ2v) is 6.34. The van der Waals surface area contributed by atoms with Crippen LogP contribution in [0.4, 0.5) is 0 Å². The Kier molecular flexibility index (Phi) is 4.36. The third-order valence-corrected chi connectivity index (χ3v) is 4.63. The zero-order chi connectivity index (χ0) is 17.3. The minimum absolute atomic E-state index is 0.0759. The molecular formula is C17H21NO6. The van der Waals surface area contributed by atoms with Crippen LogP contribution in [0.5, 0.6) is 11.5 Å². The van der Waals surface area contributed by atoms with E-state index in [0.717, 1.165) is 0 Å². The average molecular weight is 335 g/mol. The summed E-state index contributed by atoms with van der Waals surface area (Å²) in [5.74, 6) is -0.0700. The molecule has 0 bridgehead atoms. The van der Waals surface area contributed by atoms with Gasteiger partial charge >= 0.3 is 5.97 Å². The normalized spacial score (nSPS) is 28.7. The lowest BCUT2D eigenvalue weighted by molar-refractivity contribution is -0.152. The molecule has 0 radical (unpaired) electrons. The summed E-state index contributed by atoms with van der Waals surface area (Å²) >= 11 is 0. The molecule has 24 heavy (non-hydrogen) atoms. The Hall–Kier alpha value is -2.28. The van der Waals surface area contributed by atoms with Crippen LogP contribution < -0.4 is 9.47 Å². The molecule has 7 heteroatoms. The quantitative estimate of drug-likeness (QED) is 0.889. The van der Waals surface area contributed by atoms with Crippen LogP contribution in [0.2, 0.25) is 0 Å². The first kappa shape index (κ1) is 16.6. The van der Waals surface area contributed by atoms with Crippen molar-refractivity contribution in [1.29, 1.82) is 0 Å². The third-order valence-electron chi connectivity index (χ3n) is 4.63. The van der Waals surface area contributed by atoms with E-state index in [-0.39, 0.29) is 19.1 Å². The number of ether oxygens (including phenoxy) is 3. The van der Waals surface area contributed by atoms with Crippen LogP contribution in [0.25, 0.3) is 0 Å². The molecule has 1 aromatic rings. The fourth-order valence-electron chi connectivity index (χ4n) is 3.26. The molecule has 1 fully saturated rings. The highest BCUT2D eigenvalue weighted by Gasteiger charge is 2.49. The number of benzene rings is 1. The van der Waals surface area contributed by atoms with Gasteiger partial charge in [-0.25, -0.2) is 0 Å². The minimum Gasteiger partial charge on any atom is -0.482 e. The second-order valence-electron chi connectivity index (χ2n) is 6.34. The largest absolute Gasteiger partial charge is 0.482 e. The summed E-state index contributed by atoms with van der Waals surface area (Å²) in [6, 6.07) is 7.18. The van der Waals surface area contributed by atoms with Crippen LogP contribution in [0.3, 0.4) is 0 Å². The van der Waals surface area contributed by atoms with E-state index >= 15 is 0 Å². The Morgan fingerprint density at radius 3 is 2.62 bits per heavy atom. The van der Waals surface area contributed by atoms with Crippen molar-refractivity contribution in [2.45, 2.75) is 25.6 Å². The molecule has 0 aliphatic carbocycles. The van der Waals surface area contributed by atoms with Crippen molar-refractivity contribution in [3.8, 4) is 11.5 Å². The molecule has 2 heterocycles. The zero-order valence-electron chi connectivity index (χ0n) is 13.7. The molecule has 1 aromatic carbocycles. The van der Waals surface area contributed by atoms with Crippen molar-refractivity contribution in [2.75, 3.05) is 26.8 Å². The number of carbonyl (C=O) groups is 2. The smallest absolute Gasteiger partial charge is 0.313 e. The Morgan fingerprint density at radius 2 is 2.00 bits per heavy atom. The number of rotatable bonds is 4. The van der Waals surface area contributed by atoms with E-state index in [1.807, 2.05) is 12.1 Å². The molecular weight excluding hydrogens is 314 g/mol. The first-order valence-electron chi connectivity index (χ1n) is 7.90. The summed E-state index contributed by atoms with van der Waals surface area (Å²) in [7, 11) is 1.46. The third kappa shape index (κ3) is 2.80. The molecule has 0 spiro atoms. The van der Waals surface area contributed by atoms with E-state index < -0.39 is 23.6 Å². The van der Waals surface area contributed by atoms with E-state index in [9.17, 15) is 14.7 Å². The second kappa shape index (κ2) is 6.32. The summed E-state index contributed by atoms with van der Waals surface area (Å²) in [5, 5.41) is 9.51. The molecule has 7 nitrogen and oxygen atoms in total. The van der Waals surface area contributed by atoms with Crippen molar-refractivity contribution in [3.63, 3.8) is 0 Å². The van der Waals surface area contributed by atoms with Crippen molar-refractivity contribution in [3.05, 3.63) is 24.3 Å². The number of aliphatic carboxylic acids is 1. The fourth-order valence-corrected chi connectivity index (χ4v) is 3.26. The number of fused-ring (bicyclic) bond motifs is 1. The molecule has 1 amide bonds. The SMILES string of the molecule is COCC1(C(=O)O)CCN(C(=O)C2Oc3ccccc3OC2C)C1. The van der Waals surface area contributed by atoms with Gasteiger partial charge in [0.05, 0.1) is 6.61 Å². The summed E-state index contributed by atoms with van der Waals surface area (Å²) in [5.41, 5.74) is -1.05. The number of carbonyl (C=O) groups excluding carboxylic acids is 1. The lowest BCUT2D eigenvalue weighted by Crippen LogP contribution is -2.51. The van der Waals surface area contributed by atoms with Gasteiger partial charge in [0.1, 0.15) is 11.5 Å². The molecule has 0 aromatic heterocycles. The topological polar surface area (TPSA) is 85.3 Å². The lowest BCUT2D eigenvalue weighted by Gasteiger charge is -2.33. The number of likely N-dealkylation sites (tertiary alicyclic amines) is 1. The Labute approximate surface area is 140 Å². The van der Waals surface area contributed by atoms with E-state index in [4.69, 9.17) is 14.2 Å². The highest BCUT2D eigenvalue weighted by Crippen LogP contribution is 2.36. The first-order valence-corrected chi connectivity index (χ1v) is 7.90. The predicted molar refractivity (Wildman–Crippen MR) is 84.1 cm³/mol. The van der Waals surface area contributed by atoms with Crippen LogP contribution in [0.15, 0.2) is 24.3 Å². The highest BCUT2D eigenvalue weighted by atomic mass is 16.6. The molecule has 2 aliphatic heterocycles. The Bertz CT molecular complexity index is 648. The van der Waals surface area contributed by atoms with Crippen LogP contribution in [0, 0.1) is 5.41 Å². The van der Waals surface area contributed by atoms with Gasteiger partial charge < -0.3 is 24.2 Å². The molecule has 1 N–H and O–H groups in total. The number of carboxylic acids is 1. The van der Waals surface area contributed by atoms with Crippen molar-refractivity contribution in [1.82, 2.24) is 4.90 Å². The summed E-state index contributed by atoms with van der Waals surface area (Å²) in [6.07, 6.45) is -0.873. The molecule has 3 atom stereocenters. The van der Waals surface area contributed by atoms with Crippen LogP contribution in [-0.4, -0.2) is 60.9 Å². The number of methoxy groups -OCH3 is 1. The van der Waals surface area contributed by atoms with E-state index in [2.05, 4.69) is 0 Å². The number of para-hydroxylation sites is 2. The predicted octanol–water partition coefficient (Wildman–Crippen LogP) is 1.16. The van der Waals surface area contributed by atoms with Crippen LogP contribution in [-0.2, 0) is 14.3 Å². The standard InChI is InChI=1S/C17H21NO6/c1-11-14(24-13-6-4-3-5-12(13)23-11)15(19)18-8-7-17(9-18,10-22-2)16(20)21/h3-6,11,14H,7-10H2,1-2H3,(H,20,21). The fraction of sp³-hybridized carbons (Fsp3) is 0.529. The lowest BCUT2D eigenvalue weighted by atomic mass is 9.88. The maximum Gasteiger partial charge on any atom is 0.313 e. The Balaban J connectivity index is 1.75. The monoisotopic (exact) mass is 335 g/mol. The van der Waals surface area contributed by atoms with Crippen LogP contribution in [0.1, 0.15) is 13.3 Å².